The molecule has 1 saturated carbocycles. The monoisotopic (exact) mass is 525 g/mol. The normalized spacial score (nSPS) is 20.8. The molecule has 2 aromatic rings. The summed E-state index contributed by atoms with van der Waals surface area (Å²) >= 11 is 0. The van der Waals surface area contributed by atoms with Crippen LogP contribution in [-0.4, -0.2) is 48.9 Å². The molecule has 10 heteroatoms. The fourth-order valence-electron chi connectivity index (χ4n) is 5.28. The van der Waals surface area contributed by atoms with Crippen molar-refractivity contribution in [3.8, 4) is 5.75 Å². The fourth-order valence-corrected chi connectivity index (χ4v) is 5.28. The summed E-state index contributed by atoms with van der Waals surface area (Å²) < 4.78 is 18.8. The molecule has 3 N–H and O–H groups in total. The van der Waals surface area contributed by atoms with Gasteiger partial charge in [-0.25, -0.2) is 9.18 Å². The first kappa shape index (κ1) is 27.3. The minimum absolute atomic E-state index is 0.0374. The van der Waals surface area contributed by atoms with Gasteiger partial charge in [0.05, 0.1) is 12.8 Å². The van der Waals surface area contributed by atoms with Crippen molar-refractivity contribution in [1.82, 2.24) is 20.9 Å². The van der Waals surface area contributed by atoms with Gasteiger partial charge in [0, 0.05) is 37.3 Å². The zero-order chi connectivity index (χ0) is 27.2. The van der Waals surface area contributed by atoms with Gasteiger partial charge in [0.25, 0.3) is 5.91 Å². The number of carbonyl (C=O) groups excluding carboxylic acids is 2. The molecule has 4 rings (SSSR count). The minimum atomic E-state index is -0.447. The number of oxime groups is 1. The zero-order valence-corrected chi connectivity index (χ0v) is 22.4. The Bertz CT molecular complexity index is 1210. The molecule has 9 nitrogen and oxygen atoms in total. The fraction of sp³-hybridized carbons (Fsp3) is 0.500. The number of carbonyl (C=O) groups is 2. The summed E-state index contributed by atoms with van der Waals surface area (Å²) in [5.41, 5.74) is 4.33. The zero-order valence-electron chi connectivity index (χ0n) is 22.4. The van der Waals surface area contributed by atoms with Crippen molar-refractivity contribution in [1.29, 1.82) is 0 Å². The van der Waals surface area contributed by atoms with Crippen LogP contribution < -0.4 is 20.7 Å². The lowest BCUT2D eigenvalue weighted by Gasteiger charge is -2.31. The van der Waals surface area contributed by atoms with Crippen molar-refractivity contribution in [2.24, 2.45) is 11.1 Å². The molecule has 0 spiro atoms. The molecule has 1 atom stereocenters. The van der Waals surface area contributed by atoms with Crippen LogP contribution in [0.1, 0.15) is 71.9 Å². The van der Waals surface area contributed by atoms with E-state index in [0.717, 1.165) is 48.2 Å². The van der Waals surface area contributed by atoms with Crippen LogP contribution >= 0.6 is 0 Å². The summed E-state index contributed by atoms with van der Waals surface area (Å²) in [6, 6.07) is 6.34. The van der Waals surface area contributed by atoms with Crippen LogP contribution in [0.4, 0.5) is 9.18 Å². The molecule has 0 saturated heterocycles. The van der Waals surface area contributed by atoms with Crippen LogP contribution in [-0.2, 0) is 17.8 Å². The van der Waals surface area contributed by atoms with E-state index < -0.39 is 5.82 Å². The molecular formula is C28H36FN5O4. The molecule has 1 fully saturated rings. The Labute approximate surface area is 222 Å². The Morgan fingerprint density at radius 2 is 1.95 bits per heavy atom. The summed E-state index contributed by atoms with van der Waals surface area (Å²) in [6.07, 6.45) is 4.96. The van der Waals surface area contributed by atoms with Crippen molar-refractivity contribution in [2.45, 2.75) is 71.1 Å². The van der Waals surface area contributed by atoms with Gasteiger partial charge in [-0.15, -0.1) is 0 Å². The number of aryl methyl sites for hydroxylation is 1. The quantitative estimate of drug-likeness (QED) is 0.482. The third-order valence-electron chi connectivity index (χ3n) is 7.45. The van der Waals surface area contributed by atoms with E-state index >= 15 is 0 Å². The lowest BCUT2D eigenvalue weighted by molar-refractivity contribution is 0.0239. The molecular weight excluding hydrogens is 489 g/mol. The van der Waals surface area contributed by atoms with Gasteiger partial charge >= 0.3 is 6.03 Å². The molecule has 0 radical (unpaired) electrons. The second kappa shape index (κ2) is 12.2. The summed E-state index contributed by atoms with van der Waals surface area (Å²) in [4.78, 5) is 35.4. The minimum Gasteiger partial charge on any atom is -0.494 e. The third kappa shape index (κ3) is 6.23. The molecule has 1 aliphatic carbocycles. The summed E-state index contributed by atoms with van der Waals surface area (Å²) in [5.74, 6) is -0.185. The van der Waals surface area contributed by atoms with Crippen molar-refractivity contribution in [3.63, 3.8) is 0 Å². The molecule has 38 heavy (non-hydrogen) atoms. The first-order valence-corrected chi connectivity index (χ1v) is 13.1. The SMILES string of the molecule is CCc1c(C(=O)NCc2ccc(F)c(OC)c2)cc(C2=NOC(C3CCC(NC(=O)NC)CC3)C2)nc1C. The van der Waals surface area contributed by atoms with E-state index in [2.05, 4.69) is 21.1 Å². The van der Waals surface area contributed by atoms with Crippen molar-refractivity contribution < 1.29 is 23.6 Å². The second-order valence-electron chi connectivity index (χ2n) is 9.85. The number of pyridine rings is 1. The summed E-state index contributed by atoms with van der Waals surface area (Å²) in [5, 5.41) is 12.9. The van der Waals surface area contributed by atoms with E-state index in [1.807, 2.05) is 13.8 Å². The Balaban J connectivity index is 1.41. The Hall–Kier alpha value is -3.69. The first-order chi connectivity index (χ1) is 18.3. The maximum atomic E-state index is 13.7. The molecule has 0 bridgehead atoms. The molecule has 2 aliphatic rings. The largest absolute Gasteiger partial charge is 0.494 e. The lowest BCUT2D eigenvalue weighted by atomic mass is 9.81. The first-order valence-electron chi connectivity index (χ1n) is 13.1. The van der Waals surface area contributed by atoms with Gasteiger partial charge in [0.1, 0.15) is 11.8 Å². The van der Waals surface area contributed by atoms with E-state index in [9.17, 15) is 14.0 Å². The van der Waals surface area contributed by atoms with E-state index in [1.54, 1.807) is 25.2 Å². The van der Waals surface area contributed by atoms with Crippen molar-refractivity contribution in [3.05, 3.63) is 58.2 Å². The molecule has 204 valence electrons. The van der Waals surface area contributed by atoms with Crippen LogP contribution in [0.25, 0.3) is 0 Å². The number of nitrogens with one attached hydrogen (secondary N) is 3. The predicted octanol–water partition coefficient (Wildman–Crippen LogP) is 4.01. The van der Waals surface area contributed by atoms with Crippen molar-refractivity contribution >= 4 is 17.6 Å². The van der Waals surface area contributed by atoms with Crippen LogP contribution in [0.5, 0.6) is 5.75 Å². The van der Waals surface area contributed by atoms with E-state index in [0.29, 0.717) is 30.0 Å². The number of benzene rings is 1. The van der Waals surface area contributed by atoms with Gasteiger partial charge < -0.3 is 25.5 Å². The number of halogens is 1. The Kier molecular flexibility index (Phi) is 8.81. The van der Waals surface area contributed by atoms with Crippen LogP contribution in [0.2, 0.25) is 0 Å². The summed E-state index contributed by atoms with van der Waals surface area (Å²) in [7, 11) is 3.03. The number of hydrogen-bond donors (Lipinski definition) is 3. The molecule has 1 aromatic heterocycles. The highest BCUT2D eigenvalue weighted by molar-refractivity contribution is 6.03. The highest BCUT2D eigenvalue weighted by Gasteiger charge is 2.34. The van der Waals surface area contributed by atoms with E-state index in [-0.39, 0.29) is 36.4 Å². The molecule has 2 heterocycles. The predicted molar refractivity (Wildman–Crippen MR) is 142 cm³/mol. The van der Waals surface area contributed by atoms with E-state index in [1.165, 1.54) is 13.2 Å². The third-order valence-corrected chi connectivity index (χ3v) is 7.45. The Morgan fingerprint density at radius 1 is 1.18 bits per heavy atom. The topological polar surface area (TPSA) is 114 Å². The van der Waals surface area contributed by atoms with Gasteiger partial charge in [-0.05, 0) is 74.3 Å². The average Bonchev–Trinajstić information content (AvgIpc) is 3.42. The van der Waals surface area contributed by atoms with Crippen LogP contribution in [0, 0.1) is 18.7 Å². The van der Waals surface area contributed by atoms with Crippen molar-refractivity contribution in [2.75, 3.05) is 14.2 Å². The van der Waals surface area contributed by atoms with E-state index in [4.69, 9.17) is 14.6 Å². The second-order valence-corrected chi connectivity index (χ2v) is 9.85. The lowest BCUT2D eigenvalue weighted by Crippen LogP contribution is -2.43. The molecule has 1 aromatic carbocycles. The number of rotatable bonds is 8. The molecule has 1 unspecified atom stereocenters. The number of urea groups is 1. The van der Waals surface area contributed by atoms with Gasteiger partial charge in [-0.2, -0.15) is 0 Å². The van der Waals surface area contributed by atoms with Gasteiger partial charge in [0.15, 0.2) is 11.6 Å². The smallest absolute Gasteiger partial charge is 0.314 e. The number of hydrogen-bond acceptors (Lipinski definition) is 6. The average molecular weight is 526 g/mol. The highest BCUT2D eigenvalue weighted by Crippen LogP contribution is 2.33. The number of amides is 3. The van der Waals surface area contributed by atoms with Crippen LogP contribution in [0.15, 0.2) is 29.4 Å². The standard InChI is InChI=1S/C28H36FN5O4/c1-5-20-16(2)32-23(13-21(20)27(35)31-15-17-6-11-22(29)26(12-17)37-4)24-14-25(38-34-24)18-7-9-19(10-8-18)33-28(36)30-3/h6,11-13,18-19,25H,5,7-10,14-15H2,1-4H3,(H,31,35)(H2,30,33,36). The Morgan fingerprint density at radius 3 is 2.63 bits per heavy atom. The number of ether oxygens (including phenoxy) is 1. The van der Waals surface area contributed by atoms with Gasteiger partial charge in [-0.1, -0.05) is 18.1 Å². The maximum absolute atomic E-state index is 13.7. The van der Waals surface area contributed by atoms with Crippen LogP contribution in [0.3, 0.4) is 0 Å². The number of nitrogens with zero attached hydrogens (tertiary/aromatic N) is 2. The maximum Gasteiger partial charge on any atom is 0.314 e. The summed E-state index contributed by atoms with van der Waals surface area (Å²) in [6.45, 7) is 4.13. The molecule has 1 aliphatic heterocycles. The number of aromatic nitrogens is 1. The van der Waals surface area contributed by atoms with Gasteiger partial charge in [0.2, 0.25) is 0 Å². The number of methoxy groups -OCH3 is 1. The molecule has 3 amide bonds. The highest BCUT2D eigenvalue weighted by atomic mass is 19.1. The van der Waals surface area contributed by atoms with Gasteiger partial charge in [-0.3, -0.25) is 9.78 Å².